The normalized spacial score (nSPS) is 46.6. The molecule has 0 heterocycles. The highest BCUT2D eigenvalue weighted by Crippen LogP contribution is 2.68. The van der Waals surface area contributed by atoms with Gasteiger partial charge in [-0.15, -0.1) is 0 Å². The van der Waals surface area contributed by atoms with Crippen molar-refractivity contribution >= 4 is 11.9 Å². The SMILES string of the molecule is C[C@H](CC(C(=O)O)C(=O)O)[C@H]1CCC2C3C(CCC21C)C1(C)CCCCC1C[C@H]3O. The number of fused-ring (bicyclic) bond motifs is 5. The summed E-state index contributed by atoms with van der Waals surface area (Å²) in [7, 11) is 0. The Kier molecular flexibility index (Phi) is 5.74. The van der Waals surface area contributed by atoms with Gasteiger partial charge in [-0.1, -0.05) is 33.6 Å². The van der Waals surface area contributed by atoms with Gasteiger partial charge >= 0.3 is 11.9 Å². The van der Waals surface area contributed by atoms with Crippen LogP contribution in [-0.4, -0.2) is 33.4 Å². The molecular weight excluding hydrogens is 380 g/mol. The number of aliphatic hydroxyl groups is 1. The maximum Gasteiger partial charge on any atom is 0.317 e. The Hall–Kier alpha value is -1.10. The van der Waals surface area contributed by atoms with Crippen molar-refractivity contribution in [1.82, 2.24) is 0 Å². The zero-order chi connectivity index (χ0) is 21.8. The van der Waals surface area contributed by atoms with E-state index in [4.69, 9.17) is 0 Å². The van der Waals surface area contributed by atoms with Crippen molar-refractivity contribution in [2.24, 2.45) is 52.3 Å². The summed E-state index contributed by atoms with van der Waals surface area (Å²) < 4.78 is 0. The first-order valence-corrected chi connectivity index (χ1v) is 12.2. The van der Waals surface area contributed by atoms with E-state index in [1.807, 2.05) is 0 Å². The van der Waals surface area contributed by atoms with Crippen LogP contribution in [0.25, 0.3) is 0 Å². The van der Waals surface area contributed by atoms with Crippen LogP contribution >= 0.6 is 0 Å². The van der Waals surface area contributed by atoms with Gasteiger partial charge in [0.15, 0.2) is 5.92 Å². The van der Waals surface area contributed by atoms with E-state index < -0.39 is 17.9 Å². The number of aliphatic hydroxyl groups excluding tert-OH is 1. The van der Waals surface area contributed by atoms with E-state index in [9.17, 15) is 24.9 Å². The lowest BCUT2D eigenvalue weighted by molar-refractivity contribution is -0.165. The Morgan fingerprint density at radius 3 is 2.27 bits per heavy atom. The number of carboxylic acid groups (broad SMARTS) is 2. The lowest BCUT2D eigenvalue weighted by atomic mass is 9.44. The van der Waals surface area contributed by atoms with Crippen molar-refractivity contribution in [3.05, 3.63) is 0 Å². The molecule has 0 radical (unpaired) electrons. The van der Waals surface area contributed by atoms with Crippen LogP contribution in [0.5, 0.6) is 0 Å². The minimum Gasteiger partial charge on any atom is -0.481 e. The number of carbonyl (C=O) groups is 2. The standard InChI is InChI=1S/C25H40O5/c1-14(12-16(22(27)28)23(29)30)17-7-8-18-21-19(9-11-25(17,18)3)24(2)10-5-4-6-15(24)13-20(21)26/h14-21,26H,4-13H2,1-3H3,(H,27,28)(H,29,30)/t14-,15?,17-,18?,19?,20-,21?,24?,25?/m1/s1. The van der Waals surface area contributed by atoms with Crippen molar-refractivity contribution in [3.63, 3.8) is 0 Å². The van der Waals surface area contributed by atoms with E-state index in [0.29, 0.717) is 35.0 Å². The molecule has 4 saturated carbocycles. The monoisotopic (exact) mass is 420 g/mol. The average molecular weight is 421 g/mol. The predicted octanol–water partition coefficient (Wildman–Crippen LogP) is 4.82. The first-order valence-electron chi connectivity index (χ1n) is 12.2. The molecule has 0 saturated heterocycles. The molecule has 4 aliphatic carbocycles. The van der Waals surface area contributed by atoms with Crippen LogP contribution < -0.4 is 0 Å². The fraction of sp³-hybridized carbons (Fsp3) is 0.920. The molecule has 0 aromatic heterocycles. The number of aliphatic carboxylic acids is 2. The molecule has 0 aromatic rings. The van der Waals surface area contributed by atoms with Gasteiger partial charge in [0.1, 0.15) is 0 Å². The number of rotatable bonds is 5. The van der Waals surface area contributed by atoms with E-state index in [2.05, 4.69) is 20.8 Å². The van der Waals surface area contributed by atoms with Crippen LogP contribution in [0, 0.1) is 52.3 Å². The van der Waals surface area contributed by atoms with Gasteiger partial charge in [-0.05, 0) is 97.7 Å². The largest absolute Gasteiger partial charge is 0.481 e. The summed E-state index contributed by atoms with van der Waals surface area (Å²) in [6.45, 7) is 6.92. The molecule has 0 amide bonds. The van der Waals surface area contributed by atoms with E-state index in [1.165, 1.54) is 25.7 Å². The first kappa shape index (κ1) is 22.1. The van der Waals surface area contributed by atoms with Gasteiger partial charge in [-0.25, -0.2) is 0 Å². The molecule has 0 aromatic carbocycles. The van der Waals surface area contributed by atoms with Crippen molar-refractivity contribution in [2.45, 2.75) is 91.1 Å². The Labute approximate surface area is 180 Å². The Balaban J connectivity index is 1.56. The van der Waals surface area contributed by atoms with Gasteiger partial charge in [0.2, 0.25) is 0 Å². The topological polar surface area (TPSA) is 94.8 Å². The van der Waals surface area contributed by atoms with Gasteiger partial charge < -0.3 is 15.3 Å². The molecular formula is C25H40O5. The molecule has 30 heavy (non-hydrogen) atoms. The molecule has 5 heteroatoms. The molecule has 6 unspecified atom stereocenters. The van der Waals surface area contributed by atoms with Crippen LogP contribution in [0.3, 0.4) is 0 Å². The van der Waals surface area contributed by atoms with Gasteiger partial charge in [0.25, 0.3) is 0 Å². The van der Waals surface area contributed by atoms with E-state index >= 15 is 0 Å². The smallest absolute Gasteiger partial charge is 0.317 e. The Bertz CT molecular complexity index is 677. The van der Waals surface area contributed by atoms with E-state index in [1.54, 1.807) is 0 Å². The highest BCUT2D eigenvalue weighted by Gasteiger charge is 2.62. The lowest BCUT2D eigenvalue weighted by Crippen LogP contribution is -2.57. The minimum atomic E-state index is -1.32. The highest BCUT2D eigenvalue weighted by molar-refractivity contribution is 5.92. The quantitative estimate of drug-likeness (QED) is 0.554. The maximum absolute atomic E-state index is 11.4. The molecule has 4 aliphatic rings. The van der Waals surface area contributed by atoms with Crippen LogP contribution in [0.15, 0.2) is 0 Å². The van der Waals surface area contributed by atoms with Crippen LogP contribution in [0.2, 0.25) is 0 Å². The maximum atomic E-state index is 11.4. The van der Waals surface area contributed by atoms with Crippen molar-refractivity contribution in [3.8, 4) is 0 Å². The zero-order valence-corrected chi connectivity index (χ0v) is 18.8. The van der Waals surface area contributed by atoms with Gasteiger partial charge in [-0.2, -0.15) is 0 Å². The van der Waals surface area contributed by atoms with E-state index in [-0.39, 0.29) is 23.9 Å². The predicted molar refractivity (Wildman–Crippen MR) is 114 cm³/mol. The molecule has 9 atom stereocenters. The Morgan fingerprint density at radius 2 is 1.60 bits per heavy atom. The lowest BCUT2D eigenvalue weighted by Gasteiger charge is -2.62. The third-order valence-corrected chi connectivity index (χ3v) is 10.6. The van der Waals surface area contributed by atoms with E-state index in [0.717, 1.165) is 32.1 Å². The van der Waals surface area contributed by atoms with Crippen LogP contribution in [0.4, 0.5) is 0 Å². The second kappa shape index (κ2) is 7.79. The molecule has 4 fully saturated rings. The molecule has 4 rings (SSSR count). The molecule has 0 aliphatic heterocycles. The van der Waals surface area contributed by atoms with Gasteiger partial charge in [0.05, 0.1) is 6.10 Å². The highest BCUT2D eigenvalue weighted by atomic mass is 16.4. The fourth-order valence-corrected chi connectivity index (χ4v) is 9.07. The van der Waals surface area contributed by atoms with Crippen LogP contribution in [-0.2, 0) is 9.59 Å². The number of hydrogen-bond donors (Lipinski definition) is 3. The zero-order valence-electron chi connectivity index (χ0n) is 18.8. The molecule has 0 bridgehead atoms. The molecule has 3 N–H and O–H groups in total. The van der Waals surface area contributed by atoms with Crippen molar-refractivity contribution in [2.75, 3.05) is 0 Å². The minimum absolute atomic E-state index is 0.0625. The second-order valence-corrected chi connectivity index (χ2v) is 11.7. The summed E-state index contributed by atoms with van der Waals surface area (Å²) in [5.74, 6) is -1.27. The third kappa shape index (κ3) is 3.30. The fourth-order valence-electron chi connectivity index (χ4n) is 9.07. The summed E-state index contributed by atoms with van der Waals surface area (Å²) in [5.41, 5.74) is 0.450. The Morgan fingerprint density at radius 1 is 0.933 bits per heavy atom. The molecule has 5 nitrogen and oxygen atoms in total. The summed E-state index contributed by atoms with van der Waals surface area (Å²) in [4.78, 5) is 22.9. The summed E-state index contributed by atoms with van der Waals surface area (Å²) in [6, 6.07) is 0. The number of hydrogen-bond acceptors (Lipinski definition) is 3. The van der Waals surface area contributed by atoms with Crippen molar-refractivity contribution < 1.29 is 24.9 Å². The summed E-state index contributed by atoms with van der Waals surface area (Å²) in [5, 5.41) is 30.0. The first-order chi connectivity index (χ1) is 14.1. The molecule has 170 valence electrons. The number of carboxylic acids is 2. The van der Waals surface area contributed by atoms with Crippen molar-refractivity contribution in [1.29, 1.82) is 0 Å². The van der Waals surface area contributed by atoms with Gasteiger partial charge in [0, 0.05) is 0 Å². The van der Waals surface area contributed by atoms with Crippen LogP contribution in [0.1, 0.15) is 85.0 Å². The summed E-state index contributed by atoms with van der Waals surface area (Å²) in [6.07, 6.45) is 10.5. The molecule has 0 spiro atoms. The average Bonchev–Trinajstić information content (AvgIpc) is 3.03. The van der Waals surface area contributed by atoms with Gasteiger partial charge in [-0.3, -0.25) is 9.59 Å². The third-order valence-electron chi connectivity index (χ3n) is 10.6. The summed E-state index contributed by atoms with van der Waals surface area (Å²) >= 11 is 0. The second-order valence-electron chi connectivity index (χ2n) is 11.7.